The van der Waals surface area contributed by atoms with Crippen molar-refractivity contribution in [2.24, 2.45) is 5.14 Å². The molecule has 90 valence electrons. The SMILES string of the molecule is CCCCCCCCCCOC(=N)SN. The van der Waals surface area contributed by atoms with Gasteiger partial charge in [0.25, 0.3) is 5.23 Å². The fourth-order valence-corrected chi connectivity index (χ4v) is 1.59. The Bertz CT molecular complexity index is 154. The second-order valence-electron chi connectivity index (χ2n) is 3.73. The number of ether oxygens (including phenoxy) is 1. The van der Waals surface area contributed by atoms with Gasteiger partial charge in [-0.05, 0) is 6.42 Å². The highest BCUT2D eigenvalue weighted by Crippen LogP contribution is 2.08. The van der Waals surface area contributed by atoms with Gasteiger partial charge in [0, 0.05) is 11.9 Å². The Kier molecular flexibility index (Phi) is 11.7. The van der Waals surface area contributed by atoms with Gasteiger partial charge >= 0.3 is 0 Å². The van der Waals surface area contributed by atoms with E-state index in [0.717, 1.165) is 18.4 Å². The van der Waals surface area contributed by atoms with E-state index < -0.39 is 0 Å². The maximum atomic E-state index is 7.15. The molecule has 0 aromatic rings. The average Bonchev–Trinajstić information content (AvgIpc) is 2.26. The molecule has 0 aliphatic heterocycles. The van der Waals surface area contributed by atoms with Crippen molar-refractivity contribution in [3.05, 3.63) is 0 Å². The minimum Gasteiger partial charge on any atom is -0.472 e. The normalized spacial score (nSPS) is 10.3. The van der Waals surface area contributed by atoms with Crippen LogP contribution in [0.2, 0.25) is 0 Å². The van der Waals surface area contributed by atoms with E-state index in [9.17, 15) is 0 Å². The highest BCUT2D eigenvalue weighted by molar-refractivity contribution is 8.11. The maximum Gasteiger partial charge on any atom is 0.258 e. The van der Waals surface area contributed by atoms with Gasteiger partial charge in [-0.15, -0.1) is 0 Å². The van der Waals surface area contributed by atoms with Crippen molar-refractivity contribution in [1.82, 2.24) is 0 Å². The first-order valence-electron chi connectivity index (χ1n) is 5.89. The molecule has 0 saturated carbocycles. The Labute approximate surface area is 97.8 Å². The maximum absolute atomic E-state index is 7.15. The number of hydrogen-bond acceptors (Lipinski definition) is 4. The number of nitrogens with two attached hydrogens (primary N) is 1. The third-order valence-corrected chi connectivity index (χ3v) is 2.67. The van der Waals surface area contributed by atoms with E-state index in [0.29, 0.717) is 6.61 Å². The smallest absolute Gasteiger partial charge is 0.258 e. The predicted molar refractivity (Wildman–Crippen MR) is 68.1 cm³/mol. The lowest BCUT2D eigenvalue weighted by molar-refractivity contribution is 0.298. The highest BCUT2D eigenvalue weighted by Gasteiger charge is 1.95. The number of unbranched alkanes of at least 4 members (excludes halogenated alkanes) is 7. The fourth-order valence-electron chi connectivity index (χ4n) is 1.43. The van der Waals surface area contributed by atoms with Gasteiger partial charge < -0.3 is 4.74 Å². The lowest BCUT2D eigenvalue weighted by atomic mass is 10.1. The van der Waals surface area contributed by atoms with Crippen molar-refractivity contribution >= 4 is 17.2 Å². The van der Waals surface area contributed by atoms with E-state index in [-0.39, 0.29) is 5.23 Å². The Morgan fingerprint density at radius 3 is 2.13 bits per heavy atom. The molecule has 0 aromatic carbocycles. The lowest BCUT2D eigenvalue weighted by Crippen LogP contribution is -2.02. The zero-order chi connectivity index (χ0) is 11.4. The van der Waals surface area contributed by atoms with Crippen LogP contribution in [0.15, 0.2) is 0 Å². The van der Waals surface area contributed by atoms with E-state index in [4.69, 9.17) is 15.3 Å². The quantitative estimate of drug-likeness (QED) is 0.276. The average molecular weight is 232 g/mol. The Hall–Kier alpha value is -0.220. The van der Waals surface area contributed by atoms with Crippen LogP contribution >= 0.6 is 11.9 Å². The molecule has 0 atom stereocenters. The molecule has 3 nitrogen and oxygen atoms in total. The number of nitrogens with one attached hydrogen (secondary N) is 1. The topological polar surface area (TPSA) is 59.1 Å². The molecule has 0 fully saturated rings. The molecule has 0 amide bonds. The van der Waals surface area contributed by atoms with Gasteiger partial charge in [-0.2, -0.15) is 0 Å². The van der Waals surface area contributed by atoms with Crippen LogP contribution in [0, 0.1) is 5.41 Å². The minimum atomic E-state index is 0.123. The minimum absolute atomic E-state index is 0.123. The summed E-state index contributed by atoms with van der Waals surface area (Å²) in [6.45, 7) is 2.87. The van der Waals surface area contributed by atoms with Crippen molar-refractivity contribution in [2.45, 2.75) is 58.3 Å². The molecule has 0 heterocycles. The molecule has 15 heavy (non-hydrogen) atoms. The molecule has 0 aliphatic carbocycles. The third-order valence-electron chi connectivity index (χ3n) is 2.34. The van der Waals surface area contributed by atoms with E-state index in [1.807, 2.05) is 0 Å². The van der Waals surface area contributed by atoms with Crippen molar-refractivity contribution in [3.63, 3.8) is 0 Å². The third kappa shape index (κ3) is 11.7. The van der Waals surface area contributed by atoms with Gasteiger partial charge in [-0.1, -0.05) is 51.9 Å². The zero-order valence-corrected chi connectivity index (χ0v) is 10.6. The summed E-state index contributed by atoms with van der Waals surface area (Å²) in [6.07, 6.45) is 10.3. The van der Waals surface area contributed by atoms with Crippen molar-refractivity contribution in [1.29, 1.82) is 5.41 Å². The van der Waals surface area contributed by atoms with Gasteiger partial charge in [0.15, 0.2) is 0 Å². The van der Waals surface area contributed by atoms with Crippen LogP contribution in [-0.4, -0.2) is 11.8 Å². The fraction of sp³-hybridized carbons (Fsp3) is 0.909. The summed E-state index contributed by atoms with van der Waals surface area (Å²) in [5, 5.41) is 12.4. The van der Waals surface area contributed by atoms with Crippen molar-refractivity contribution in [2.75, 3.05) is 6.61 Å². The molecule has 0 radical (unpaired) electrons. The summed E-state index contributed by atoms with van der Waals surface area (Å²) >= 11 is 0.863. The first kappa shape index (κ1) is 14.8. The molecular formula is C11H24N2OS. The summed E-state index contributed by atoms with van der Waals surface area (Å²) in [7, 11) is 0. The van der Waals surface area contributed by atoms with E-state index in [2.05, 4.69) is 6.92 Å². The Morgan fingerprint density at radius 2 is 1.60 bits per heavy atom. The van der Waals surface area contributed by atoms with E-state index in [1.165, 1.54) is 44.9 Å². The van der Waals surface area contributed by atoms with E-state index >= 15 is 0 Å². The molecule has 3 N–H and O–H groups in total. The van der Waals surface area contributed by atoms with E-state index in [1.54, 1.807) is 0 Å². The predicted octanol–water partition coefficient (Wildman–Crippen LogP) is 3.69. The van der Waals surface area contributed by atoms with Gasteiger partial charge in [-0.3, -0.25) is 10.5 Å². The largest absolute Gasteiger partial charge is 0.472 e. The van der Waals surface area contributed by atoms with Gasteiger partial charge in [0.1, 0.15) is 0 Å². The Balaban J connectivity index is 2.95. The summed E-state index contributed by atoms with van der Waals surface area (Å²) in [4.78, 5) is 0. The monoisotopic (exact) mass is 232 g/mol. The molecule has 0 saturated heterocycles. The summed E-state index contributed by atoms with van der Waals surface area (Å²) in [5.74, 6) is 0. The van der Waals surface area contributed by atoms with Crippen LogP contribution in [0.5, 0.6) is 0 Å². The van der Waals surface area contributed by atoms with Gasteiger partial charge in [0.2, 0.25) is 0 Å². The van der Waals surface area contributed by atoms with Crippen LogP contribution in [-0.2, 0) is 4.74 Å². The van der Waals surface area contributed by atoms with Crippen LogP contribution < -0.4 is 5.14 Å². The van der Waals surface area contributed by atoms with Crippen LogP contribution in [0.3, 0.4) is 0 Å². The lowest BCUT2D eigenvalue weighted by Gasteiger charge is -2.04. The molecule has 0 spiro atoms. The van der Waals surface area contributed by atoms with Crippen molar-refractivity contribution < 1.29 is 4.74 Å². The van der Waals surface area contributed by atoms with Gasteiger partial charge in [-0.25, -0.2) is 0 Å². The standard InChI is InChI=1S/C11H24N2OS/c1-2-3-4-5-6-7-8-9-10-14-11(12)15-13/h12H,2-10,13H2,1H3. The first-order chi connectivity index (χ1) is 7.31. The zero-order valence-electron chi connectivity index (χ0n) is 9.76. The molecule has 0 unspecified atom stereocenters. The highest BCUT2D eigenvalue weighted by atomic mass is 32.2. The van der Waals surface area contributed by atoms with Gasteiger partial charge in [0.05, 0.1) is 6.61 Å². The molecule has 0 aromatic heterocycles. The number of rotatable bonds is 9. The number of hydrogen-bond donors (Lipinski definition) is 2. The molecule has 0 bridgehead atoms. The van der Waals surface area contributed by atoms with Crippen molar-refractivity contribution in [3.8, 4) is 0 Å². The summed E-state index contributed by atoms with van der Waals surface area (Å²) in [5.41, 5.74) is 0. The summed E-state index contributed by atoms with van der Waals surface area (Å²) < 4.78 is 5.06. The second-order valence-corrected chi connectivity index (χ2v) is 4.34. The Morgan fingerprint density at radius 1 is 1.07 bits per heavy atom. The molecular weight excluding hydrogens is 208 g/mol. The van der Waals surface area contributed by atoms with Crippen LogP contribution in [0.25, 0.3) is 0 Å². The molecule has 0 rings (SSSR count). The first-order valence-corrected chi connectivity index (χ1v) is 6.77. The van der Waals surface area contributed by atoms with Crippen LogP contribution in [0.1, 0.15) is 58.3 Å². The molecule has 0 aliphatic rings. The second kappa shape index (κ2) is 11.9. The summed E-state index contributed by atoms with van der Waals surface area (Å²) in [6, 6.07) is 0. The van der Waals surface area contributed by atoms with Crippen LogP contribution in [0.4, 0.5) is 0 Å². The molecule has 4 heteroatoms.